The molecule has 0 fully saturated rings. The van der Waals surface area contributed by atoms with Gasteiger partial charge in [-0.15, -0.1) is 0 Å². The summed E-state index contributed by atoms with van der Waals surface area (Å²) in [4.78, 5) is 10.2. The molecule has 72 valence electrons. The maximum absolute atomic E-state index is 10.2. The Morgan fingerprint density at radius 2 is 1.93 bits per heavy atom. The lowest BCUT2D eigenvalue weighted by Gasteiger charge is -1.98. The van der Waals surface area contributed by atoms with Gasteiger partial charge in [0.15, 0.2) is 0 Å². The van der Waals surface area contributed by atoms with Gasteiger partial charge in [-0.2, -0.15) is 5.26 Å². The molecule has 0 aliphatic carbocycles. The number of allylic oxidation sites excluding steroid dienone is 7. The minimum absolute atomic E-state index is 0.614. The molecular weight excluding hydrogens is 174 g/mol. The Hall–Kier alpha value is -1.88. The number of hydrogen-bond acceptors (Lipinski definition) is 2. The molecule has 0 amide bonds. The fourth-order valence-electron chi connectivity index (χ4n) is 0.811. The smallest absolute Gasteiger partial charge is 0.143 e. The van der Waals surface area contributed by atoms with Crippen LogP contribution in [0.2, 0.25) is 0 Å². The molecule has 2 heteroatoms. The van der Waals surface area contributed by atoms with Gasteiger partial charge in [0.1, 0.15) is 6.29 Å². The fourth-order valence-corrected chi connectivity index (χ4v) is 0.811. The first-order valence-electron chi connectivity index (χ1n) is 4.19. The van der Waals surface area contributed by atoms with Crippen LogP contribution in [0.1, 0.15) is 13.8 Å². The van der Waals surface area contributed by atoms with Crippen molar-refractivity contribution in [3.8, 4) is 6.07 Å². The zero-order valence-corrected chi connectivity index (χ0v) is 8.45. The number of carbonyl (C=O) groups excluding carboxylic acids is 1. The standard InChI is InChI=1S/C12H13NO/c1-4-12(11(3)7-8-14)6-5-10(2)9-13/h4-8H,1H2,2-3H3/b10-5+,11-7?,12-6+. The molecule has 0 aliphatic rings. The summed E-state index contributed by atoms with van der Waals surface area (Å²) in [6.45, 7) is 7.17. The third-order valence-electron chi connectivity index (χ3n) is 1.68. The van der Waals surface area contributed by atoms with E-state index in [0.29, 0.717) is 5.57 Å². The highest BCUT2D eigenvalue weighted by Crippen LogP contribution is 2.10. The first-order valence-corrected chi connectivity index (χ1v) is 4.19. The van der Waals surface area contributed by atoms with Gasteiger partial charge < -0.3 is 0 Å². The molecule has 0 spiro atoms. The lowest BCUT2D eigenvalue weighted by molar-refractivity contribution is -0.104. The van der Waals surface area contributed by atoms with Crippen molar-refractivity contribution in [3.05, 3.63) is 47.6 Å². The molecule has 0 rings (SSSR count). The summed E-state index contributed by atoms with van der Waals surface area (Å²) in [5, 5.41) is 8.52. The highest BCUT2D eigenvalue weighted by atomic mass is 16.1. The zero-order valence-electron chi connectivity index (χ0n) is 8.45. The first kappa shape index (κ1) is 12.1. The van der Waals surface area contributed by atoms with E-state index in [4.69, 9.17) is 5.26 Å². The minimum Gasteiger partial charge on any atom is -0.299 e. The molecule has 2 nitrogen and oxygen atoms in total. The SMILES string of the molecule is C=C/C(=C\C=C(/C)C#N)C(C)=CC=O. The maximum atomic E-state index is 10.2. The van der Waals surface area contributed by atoms with Crippen LogP contribution in [0.3, 0.4) is 0 Å². The number of nitriles is 1. The monoisotopic (exact) mass is 187 g/mol. The Labute approximate surface area is 84.5 Å². The molecule has 0 aromatic rings. The molecular formula is C12H13NO. The number of rotatable bonds is 4. The predicted molar refractivity (Wildman–Crippen MR) is 57.5 cm³/mol. The van der Waals surface area contributed by atoms with Gasteiger partial charge in [-0.3, -0.25) is 4.79 Å². The van der Waals surface area contributed by atoms with Crippen LogP contribution in [-0.4, -0.2) is 6.29 Å². The quantitative estimate of drug-likeness (QED) is 0.294. The Balaban J connectivity index is 4.92. The van der Waals surface area contributed by atoms with E-state index in [1.807, 2.05) is 13.0 Å². The van der Waals surface area contributed by atoms with Crippen molar-refractivity contribution in [2.75, 3.05) is 0 Å². The Morgan fingerprint density at radius 3 is 2.36 bits per heavy atom. The Bertz CT molecular complexity index is 351. The van der Waals surface area contributed by atoms with Gasteiger partial charge in [0.2, 0.25) is 0 Å². The van der Waals surface area contributed by atoms with E-state index < -0.39 is 0 Å². The molecule has 0 aliphatic heterocycles. The van der Waals surface area contributed by atoms with Crippen molar-refractivity contribution >= 4 is 6.29 Å². The molecule has 0 saturated carbocycles. The summed E-state index contributed by atoms with van der Waals surface area (Å²) in [5.74, 6) is 0. The summed E-state index contributed by atoms with van der Waals surface area (Å²) in [6, 6.07) is 2.01. The van der Waals surface area contributed by atoms with Crippen LogP contribution >= 0.6 is 0 Å². The number of nitrogens with zero attached hydrogens (tertiary/aromatic N) is 1. The number of aldehydes is 1. The summed E-state index contributed by atoms with van der Waals surface area (Å²) in [5.41, 5.74) is 2.28. The highest BCUT2D eigenvalue weighted by molar-refractivity contribution is 5.68. The van der Waals surface area contributed by atoms with E-state index in [0.717, 1.165) is 17.4 Å². The molecule has 0 unspecified atom stereocenters. The molecule has 14 heavy (non-hydrogen) atoms. The van der Waals surface area contributed by atoms with Gasteiger partial charge in [0.05, 0.1) is 6.07 Å². The lowest BCUT2D eigenvalue weighted by atomic mass is 10.1. The van der Waals surface area contributed by atoms with Crippen LogP contribution in [0.25, 0.3) is 0 Å². The van der Waals surface area contributed by atoms with Gasteiger partial charge in [-0.1, -0.05) is 18.7 Å². The van der Waals surface area contributed by atoms with Crippen molar-refractivity contribution in [1.29, 1.82) is 5.26 Å². The van der Waals surface area contributed by atoms with Crippen molar-refractivity contribution in [3.63, 3.8) is 0 Å². The first-order chi connectivity index (χ1) is 6.65. The van der Waals surface area contributed by atoms with Crippen LogP contribution in [-0.2, 0) is 4.79 Å². The Kier molecular flexibility index (Phi) is 5.73. The van der Waals surface area contributed by atoms with E-state index in [1.165, 1.54) is 6.08 Å². The van der Waals surface area contributed by atoms with E-state index in [2.05, 4.69) is 6.58 Å². The topological polar surface area (TPSA) is 40.9 Å². The van der Waals surface area contributed by atoms with Crippen LogP contribution in [0, 0.1) is 11.3 Å². The van der Waals surface area contributed by atoms with E-state index in [9.17, 15) is 4.79 Å². The summed E-state index contributed by atoms with van der Waals surface area (Å²) in [6.07, 6.45) is 7.30. The van der Waals surface area contributed by atoms with Crippen LogP contribution < -0.4 is 0 Å². The molecule has 0 aromatic carbocycles. The van der Waals surface area contributed by atoms with Crippen molar-refractivity contribution < 1.29 is 4.79 Å². The zero-order chi connectivity index (χ0) is 11.0. The molecule has 0 heterocycles. The van der Waals surface area contributed by atoms with Gasteiger partial charge >= 0.3 is 0 Å². The summed E-state index contributed by atoms with van der Waals surface area (Å²) >= 11 is 0. The van der Waals surface area contributed by atoms with E-state index in [-0.39, 0.29) is 0 Å². The van der Waals surface area contributed by atoms with Crippen LogP contribution in [0.15, 0.2) is 47.6 Å². The lowest BCUT2D eigenvalue weighted by Crippen LogP contribution is -1.81. The van der Waals surface area contributed by atoms with Gasteiger partial charge in [0.25, 0.3) is 0 Å². The summed E-state index contributed by atoms with van der Waals surface area (Å²) < 4.78 is 0. The second kappa shape index (κ2) is 6.62. The van der Waals surface area contributed by atoms with E-state index in [1.54, 1.807) is 25.2 Å². The number of hydrogen-bond donors (Lipinski definition) is 0. The van der Waals surface area contributed by atoms with Crippen LogP contribution in [0.4, 0.5) is 0 Å². The maximum Gasteiger partial charge on any atom is 0.143 e. The largest absolute Gasteiger partial charge is 0.299 e. The molecule has 0 bridgehead atoms. The normalized spacial score (nSPS) is 13.4. The minimum atomic E-state index is 0.614. The van der Waals surface area contributed by atoms with Crippen molar-refractivity contribution in [1.82, 2.24) is 0 Å². The molecule has 0 saturated heterocycles. The summed E-state index contributed by atoms with van der Waals surface area (Å²) in [7, 11) is 0. The molecule has 0 atom stereocenters. The fraction of sp³-hybridized carbons (Fsp3) is 0.167. The predicted octanol–water partition coefficient (Wildman–Crippen LogP) is 2.71. The van der Waals surface area contributed by atoms with Crippen molar-refractivity contribution in [2.24, 2.45) is 0 Å². The van der Waals surface area contributed by atoms with Gasteiger partial charge in [-0.25, -0.2) is 0 Å². The second-order valence-electron chi connectivity index (χ2n) is 2.77. The third-order valence-corrected chi connectivity index (χ3v) is 1.68. The average Bonchev–Trinajstić information content (AvgIpc) is 2.18. The molecule has 0 N–H and O–H groups in total. The van der Waals surface area contributed by atoms with Gasteiger partial charge in [-0.05, 0) is 37.1 Å². The van der Waals surface area contributed by atoms with Crippen LogP contribution in [0.5, 0.6) is 0 Å². The Morgan fingerprint density at radius 1 is 1.29 bits per heavy atom. The van der Waals surface area contributed by atoms with Gasteiger partial charge in [0, 0.05) is 5.57 Å². The van der Waals surface area contributed by atoms with Crippen molar-refractivity contribution in [2.45, 2.75) is 13.8 Å². The second-order valence-corrected chi connectivity index (χ2v) is 2.77. The number of carbonyl (C=O) groups is 1. The van der Waals surface area contributed by atoms with E-state index >= 15 is 0 Å². The average molecular weight is 187 g/mol. The molecule has 0 aromatic heterocycles. The third kappa shape index (κ3) is 4.22. The molecule has 0 radical (unpaired) electrons. The highest BCUT2D eigenvalue weighted by Gasteiger charge is 1.92.